The van der Waals surface area contributed by atoms with Gasteiger partial charge >= 0.3 is 0 Å². The van der Waals surface area contributed by atoms with Gasteiger partial charge in [0.25, 0.3) is 0 Å². The second-order valence-electron chi connectivity index (χ2n) is 21.9. The number of aliphatic hydroxyl groups excluding tert-OH is 5. The van der Waals surface area contributed by atoms with E-state index in [0.717, 1.165) is 38.5 Å². The Bertz CT molecular complexity index is 1050. The summed E-state index contributed by atoms with van der Waals surface area (Å²) >= 11 is 0. The van der Waals surface area contributed by atoms with E-state index in [2.05, 4.69) is 19.2 Å². The van der Waals surface area contributed by atoms with Gasteiger partial charge in [0.1, 0.15) is 24.4 Å². The van der Waals surface area contributed by atoms with E-state index < -0.39 is 49.5 Å². The predicted molar refractivity (Wildman–Crippen MR) is 291 cm³/mol. The van der Waals surface area contributed by atoms with Crippen LogP contribution in [0.3, 0.4) is 0 Å². The van der Waals surface area contributed by atoms with Crippen molar-refractivity contribution in [3.05, 3.63) is 0 Å². The van der Waals surface area contributed by atoms with Gasteiger partial charge in [-0.05, 0) is 12.8 Å². The summed E-state index contributed by atoms with van der Waals surface area (Å²) in [4.78, 5) is 13.1. The van der Waals surface area contributed by atoms with Crippen LogP contribution in [0.15, 0.2) is 0 Å². The molecule has 7 unspecified atom stereocenters. The normalized spacial score (nSPS) is 19.3. The molecular weight excluding hydrogens is 863 g/mol. The Hall–Kier alpha value is -0.810. The van der Waals surface area contributed by atoms with Crippen LogP contribution in [0.1, 0.15) is 322 Å². The van der Waals surface area contributed by atoms with E-state index >= 15 is 0 Å². The van der Waals surface area contributed by atoms with E-state index in [0.29, 0.717) is 12.8 Å². The molecule has 7 atom stereocenters. The van der Waals surface area contributed by atoms with Crippen molar-refractivity contribution >= 4 is 5.91 Å². The van der Waals surface area contributed by atoms with Gasteiger partial charge in [0.2, 0.25) is 5.91 Å². The minimum absolute atomic E-state index is 0.131. The van der Waals surface area contributed by atoms with E-state index in [1.54, 1.807) is 0 Å². The van der Waals surface area contributed by atoms with E-state index in [9.17, 15) is 30.3 Å². The Morgan fingerprint density at radius 2 is 0.725 bits per heavy atom. The van der Waals surface area contributed by atoms with Crippen LogP contribution in [-0.4, -0.2) is 87.5 Å². The van der Waals surface area contributed by atoms with Crippen molar-refractivity contribution in [1.29, 1.82) is 0 Å². The zero-order valence-electron chi connectivity index (χ0n) is 45.9. The summed E-state index contributed by atoms with van der Waals surface area (Å²) < 4.78 is 11.3. The van der Waals surface area contributed by atoms with Crippen molar-refractivity contribution < 1.29 is 39.8 Å². The van der Waals surface area contributed by atoms with E-state index in [4.69, 9.17) is 9.47 Å². The maximum atomic E-state index is 13.1. The number of rotatable bonds is 54. The molecule has 0 saturated carbocycles. The number of unbranched alkanes of at least 4 members (excludes halogenated alkanes) is 44. The van der Waals surface area contributed by atoms with Gasteiger partial charge < -0.3 is 40.3 Å². The van der Waals surface area contributed by atoms with Crippen LogP contribution >= 0.6 is 0 Å². The zero-order valence-corrected chi connectivity index (χ0v) is 45.9. The number of hydrogen-bond acceptors (Lipinski definition) is 8. The first-order valence-corrected chi connectivity index (χ1v) is 30.7. The fourth-order valence-electron chi connectivity index (χ4n) is 10.3. The highest BCUT2D eigenvalue weighted by Crippen LogP contribution is 2.24. The SMILES string of the molecule is CCCCCCCCCCCCCCCCCCCCCCCCCCCCCCCCCCCCC(=O)NC(COC1OC(CO)C(O)C(O)C1O)C(O)CCCCCCCCCCCCCC. The Kier molecular flexibility index (Phi) is 48.7. The average molecular weight is 983 g/mol. The quantitative estimate of drug-likeness (QED) is 0.0330. The first kappa shape index (κ1) is 66.2. The number of nitrogens with one attached hydrogen (secondary N) is 1. The Morgan fingerprint density at radius 3 is 1.03 bits per heavy atom. The Morgan fingerprint density at radius 1 is 0.435 bits per heavy atom. The highest BCUT2D eigenvalue weighted by atomic mass is 16.7. The van der Waals surface area contributed by atoms with Gasteiger partial charge in [-0.15, -0.1) is 0 Å². The highest BCUT2D eigenvalue weighted by Gasteiger charge is 2.44. The summed E-state index contributed by atoms with van der Waals surface area (Å²) in [5.41, 5.74) is 0. The third-order valence-corrected chi connectivity index (χ3v) is 15.2. The molecule has 9 heteroatoms. The van der Waals surface area contributed by atoms with Gasteiger partial charge in [0.05, 0.1) is 25.4 Å². The van der Waals surface area contributed by atoms with Gasteiger partial charge in [-0.1, -0.05) is 303 Å². The van der Waals surface area contributed by atoms with Crippen molar-refractivity contribution in [3.8, 4) is 0 Å². The molecule has 1 aliphatic heterocycles. The van der Waals surface area contributed by atoms with Crippen LogP contribution in [0.4, 0.5) is 0 Å². The third kappa shape index (κ3) is 40.3. The molecule has 0 spiro atoms. The zero-order chi connectivity index (χ0) is 50.1. The maximum Gasteiger partial charge on any atom is 0.220 e. The molecule has 0 bridgehead atoms. The van der Waals surface area contributed by atoms with Gasteiger partial charge in [-0.25, -0.2) is 0 Å². The lowest BCUT2D eigenvalue weighted by Gasteiger charge is -2.40. The second-order valence-corrected chi connectivity index (χ2v) is 21.9. The number of carbonyl (C=O) groups is 1. The molecule has 0 aliphatic carbocycles. The molecule has 1 fully saturated rings. The molecule has 1 heterocycles. The number of hydrogen-bond donors (Lipinski definition) is 6. The third-order valence-electron chi connectivity index (χ3n) is 15.2. The molecule has 412 valence electrons. The first-order chi connectivity index (χ1) is 33.8. The van der Waals surface area contributed by atoms with Crippen LogP contribution in [0.2, 0.25) is 0 Å². The topological polar surface area (TPSA) is 149 Å². The van der Waals surface area contributed by atoms with Crippen molar-refractivity contribution in [2.45, 2.75) is 365 Å². The maximum absolute atomic E-state index is 13.1. The Balaban J connectivity index is 2.04. The number of amides is 1. The summed E-state index contributed by atoms with van der Waals surface area (Å²) in [7, 11) is 0. The minimum atomic E-state index is -1.55. The smallest absolute Gasteiger partial charge is 0.220 e. The monoisotopic (exact) mass is 982 g/mol. The molecule has 1 saturated heterocycles. The molecule has 0 aromatic heterocycles. The molecule has 0 radical (unpaired) electrons. The van der Waals surface area contributed by atoms with Gasteiger partial charge in [-0.3, -0.25) is 4.79 Å². The summed E-state index contributed by atoms with van der Waals surface area (Å²) in [5, 5.41) is 54.6. The molecule has 0 aromatic rings. The summed E-state index contributed by atoms with van der Waals surface area (Å²) in [5.74, 6) is -0.137. The van der Waals surface area contributed by atoms with Crippen molar-refractivity contribution in [3.63, 3.8) is 0 Å². The molecular formula is C60H119NO8. The molecule has 69 heavy (non-hydrogen) atoms. The molecule has 6 N–H and O–H groups in total. The largest absolute Gasteiger partial charge is 0.394 e. The molecule has 9 nitrogen and oxygen atoms in total. The molecule has 0 aromatic carbocycles. The summed E-state index contributed by atoms with van der Waals surface area (Å²) in [6.45, 7) is 3.87. The average Bonchev–Trinajstić information content (AvgIpc) is 3.35. The lowest BCUT2D eigenvalue weighted by molar-refractivity contribution is -0.302. The number of aliphatic hydroxyl groups is 5. The van der Waals surface area contributed by atoms with E-state index in [-0.39, 0.29) is 12.5 Å². The van der Waals surface area contributed by atoms with E-state index in [1.165, 1.54) is 257 Å². The Labute approximate surface area is 427 Å². The first-order valence-electron chi connectivity index (χ1n) is 30.7. The van der Waals surface area contributed by atoms with Crippen LogP contribution in [0.25, 0.3) is 0 Å². The molecule has 1 rings (SSSR count). The van der Waals surface area contributed by atoms with Crippen LogP contribution < -0.4 is 5.32 Å². The van der Waals surface area contributed by atoms with Crippen molar-refractivity contribution in [1.82, 2.24) is 5.32 Å². The number of carbonyl (C=O) groups excluding carboxylic acids is 1. The fourth-order valence-corrected chi connectivity index (χ4v) is 10.3. The van der Waals surface area contributed by atoms with Crippen LogP contribution in [-0.2, 0) is 14.3 Å². The molecule has 1 amide bonds. The fraction of sp³-hybridized carbons (Fsp3) is 0.983. The highest BCUT2D eigenvalue weighted by molar-refractivity contribution is 5.76. The van der Waals surface area contributed by atoms with Gasteiger partial charge in [0.15, 0.2) is 6.29 Å². The second kappa shape index (κ2) is 50.7. The van der Waals surface area contributed by atoms with Gasteiger partial charge in [-0.2, -0.15) is 0 Å². The van der Waals surface area contributed by atoms with Crippen molar-refractivity contribution in [2.75, 3.05) is 13.2 Å². The standard InChI is InChI=1S/C60H119NO8/c1-3-5-7-9-11-13-15-17-18-19-20-21-22-23-24-25-26-27-28-29-30-31-32-33-34-35-36-37-38-40-42-44-46-48-50-56(64)61-53(52-68-60-59(67)58(66)57(65)55(51-62)69-60)54(63)49-47-45-43-41-39-16-14-12-10-8-6-4-2/h53-55,57-60,62-63,65-67H,3-52H2,1-2H3,(H,61,64). The number of ether oxygens (including phenoxy) is 2. The predicted octanol–water partition coefficient (Wildman–Crippen LogP) is 15.4. The summed E-state index contributed by atoms with van der Waals surface area (Å²) in [6.07, 6.45) is 54.6. The van der Waals surface area contributed by atoms with Crippen LogP contribution in [0, 0.1) is 0 Å². The minimum Gasteiger partial charge on any atom is -0.394 e. The lowest BCUT2D eigenvalue weighted by Crippen LogP contribution is -2.60. The lowest BCUT2D eigenvalue weighted by atomic mass is 9.99. The van der Waals surface area contributed by atoms with Crippen LogP contribution in [0.5, 0.6) is 0 Å². The van der Waals surface area contributed by atoms with E-state index in [1.807, 2.05) is 0 Å². The van der Waals surface area contributed by atoms with Crippen molar-refractivity contribution in [2.24, 2.45) is 0 Å². The summed E-state index contributed by atoms with van der Waals surface area (Å²) in [6, 6.07) is -0.712. The molecule has 1 aliphatic rings. The van der Waals surface area contributed by atoms with Gasteiger partial charge in [0, 0.05) is 6.42 Å².